The highest BCUT2D eigenvalue weighted by Crippen LogP contribution is 2.40. The van der Waals surface area contributed by atoms with E-state index in [-0.39, 0.29) is 46.9 Å². The summed E-state index contributed by atoms with van der Waals surface area (Å²) in [5, 5.41) is 5.86. The summed E-state index contributed by atoms with van der Waals surface area (Å²) in [6.45, 7) is 1.11. The summed E-state index contributed by atoms with van der Waals surface area (Å²) in [6, 6.07) is 5.91. The van der Waals surface area contributed by atoms with E-state index in [2.05, 4.69) is 9.59 Å². The molecule has 0 N–H and O–H groups in total. The Bertz CT molecular complexity index is 969. The van der Waals surface area contributed by atoms with E-state index in [0.717, 1.165) is 24.1 Å². The monoisotopic (exact) mass is 497 g/mol. The number of hydrogen-bond donors (Lipinski definition) is 0. The van der Waals surface area contributed by atoms with Gasteiger partial charge in [0.1, 0.15) is 12.4 Å². The number of ketones is 1. The van der Waals surface area contributed by atoms with Crippen molar-refractivity contribution in [2.45, 2.75) is 30.6 Å². The topological polar surface area (TPSA) is 72.4 Å². The molecule has 2 heterocycles. The first-order valence-electron chi connectivity index (χ1n) is 10.2. The molecule has 0 amide bonds. The largest absolute Gasteiger partial charge is 0.376 e. The molecule has 1 aliphatic heterocycles. The van der Waals surface area contributed by atoms with Crippen molar-refractivity contribution in [1.29, 1.82) is 0 Å². The number of methoxy groups -OCH3 is 1. The Labute approximate surface area is 201 Å². The maximum Gasteiger partial charge on any atom is 0.215 e. The van der Waals surface area contributed by atoms with Gasteiger partial charge in [0.2, 0.25) is 5.12 Å². The minimum Gasteiger partial charge on any atom is -0.376 e. The van der Waals surface area contributed by atoms with Crippen LogP contribution in [0.2, 0.25) is 0 Å². The number of ether oxygens (including phenoxy) is 1. The van der Waals surface area contributed by atoms with E-state index < -0.39 is 6.04 Å². The SMILES string of the molecule is COCC(=O)SC1CCN(C(C(=O)C2CC2)c2ccccc2F)C/C1=C/c1csnn1.Cl. The van der Waals surface area contributed by atoms with Crippen LogP contribution in [0.15, 0.2) is 35.2 Å². The molecule has 2 aromatic rings. The van der Waals surface area contributed by atoms with Crippen LogP contribution in [-0.2, 0) is 14.3 Å². The van der Waals surface area contributed by atoms with Gasteiger partial charge in [-0.2, -0.15) is 0 Å². The number of thioether (sulfide) groups is 1. The molecular weight excluding hydrogens is 473 g/mol. The third kappa shape index (κ3) is 6.02. The summed E-state index contributed by atoms with van der Waals surface area (Å²) in [5.41, 5.74) is 2.14. The fourth-order valence-corrected chi connectivity index (χ4v) is 5.36. The summed E-state index contributed by atoms with van der Waals surface area (Å²) in [6.07, 6.45) is 4.35. The van der Waals surface area contributed by atoms with Crippen molar-refractivity contribution in [3.05, 3.63) is 52.3 Å². The number of aromatic nitrogens is 2. The van der Waals surface area contributed by atoms with Gasteiger partial charge in [-0.3, -0.25) is 14.5 Å². The number of hydrogen-bond acceptors (Lipinski definition) is 8. The van der Waals surface area contributed by atoms with Crippen LogP contribution in [0.4, 0.5) is 4.39 Å². The van der Waals surface area contributed by atoms with Gasteiger partial charge in [-0.05, 0) is 48.5 Å². The summed E-state index contributed by atoms with van der Waals surface area (Å²) >= 11 is 2.51. The third-order valence-corrected chi connectivity index (χ3v) is 7.26. The van der Waals surface area contributed by atoms with Gasteiger partial charge in [-0.25, -0.2) is 4.39 Å². The molecule has 4 rings (SSSR count). The third-order valence-electron chi connectivity index (χ3n) is 5.54. The van der Waals surface area contributed by atoms with Gasteiger partial charge in [0.25, 0.3) is 0 Å². The quantitative estimate of drug-likeness (QED) is 0.541. The van der Waals surface area contributed by atoms with Gasteiger partial charge in [0.15, 0.2) is 5.78 Å². The number of carbonyl (C=O) groups excluding carboxylic acids is 2. The second-order valence-electron chi connectivity index (χ2n) is 7.82. The van der Waals surface area contributed by atoms with E-state index >= 15 is 0 Å². The highest BCUT2D eigenvalue weighted by molar-refractivity contribution is 8.14. The fourth-order valence-electron chi connectivity index (χ4n) is 3.93. The molecule has 10 heteroatoms. The predicted octanol–water partition coefficient (Wildman–Crippen LogP) is 4.18. The van der Waals surface area contributed by atoms with Crippen LogP contribution >= 0.6 is 35.7 Å². The van der Waals surface area contributed by atoms with Gasteiger partial charge in [-0.15, -0.1) is 17.5 Å². The first kappa shape index (κ1) is 25.0. The Morgan fingerprint density at radius 2 is 2.12 bits per heavy atom. The molecule has 0 spiro atoms. The lowest BCUT2D eigenvalue weighted by atomic mass is 9.93. The van der Waals surface area contributed by atoms with E-state index in [1.807, 2.05) is 16.4 Å². The van der Waals surface area contributed by atoms with Crippen LogP contribution in [0.1, 0.15) is 36.6 Å². The molecule has 2 fully saturated rings. The number of Topliss-reactive ketones (excluding diaryl/α,β-unsaturated/α-hetero) is 1. The van der Waals surface area contributed by atoms with Crippen LogP contribution in [0, 0.1) is 11.7 Å². The highest BCUT2D eigenvalue weighted by Gasteiger charge is 2.41. The standard InChI is InChI=1S/C22H24FN3O3S2.ClH/c1-29-12-20(27)31-19-8-9-26(11-15(19)10-16-13-30-25-24-16)21(22(28)14-6-7-14)17-4-2-3-5-18(17)23;/h2-5,10,13-14,19,21H,6-9,11-12H2,1H3;1H/b15-10-;. The first-order chi connectivity index (χ1) is 15.1. The molecule has 1 saturated carbocycles. The first-order valence-corrected chi connectivity index (χ1v) is 12.0. The molecule has 32 heavy (non-hydrogen) atoms. The fraction of sp³-hybridized carbons (Fsp3) is 0.455. The summed E-state index contributed by atoms with van der Waals surface area (Å²) in [7, 11) is 1.50. The Hall–Kier alpha value is -1.65. The molecule has 2 unspecified atom stereocenters. The molecule has 1 aromatic carbocycles. The number of piperidine rings is 1. The minimum absolute atomic E-state index is 0. The molecule has 1 aliphatic carbocycles. The normalized spacial score (nSPS) is 21.2. The molecular formula is C22H25ClFN3O3S2. The Kier molecular flexibility index (Phi) is 8.95. The van der Waals surface area contributed by atoms with Crippen molar-refractivity contribution < 1.29 is 18.7 Å². The van der Waals surface area contributed by atoms with Crippen LogP contribution < -0.4 is 0 Å². The second kappa shape index (κ2) is 11.5. The van der Waals surface area contributed by atoms with Crippen molar-refractivity contribution in [2.24, 2.45) is 5.92 Å². The highest BCUT2D eigenvalue weighted by atomic mass is 35.5. The van der Waals surface area contributed by atoms with Gasteiger partial charge in [0.05, 0.1) is 11.7 Å². The number of halogens is 2. The van der Waals surface area contributed by atoms with E-state index in [1.54, 1.807) is 18.2 Å². The maximum absolute atomic E-state index is 14.7. The molecule has 0 bridgehead atoms. The zero-order chi connectivity index (χ0) is 21.8. The average molecular weight is 498 g/mol. The van der Waals surface area contributed by atoms with Crippen molar-refractivity contribution in [3.8, 4) is 0 Å². The van der Waals surface area contributed by atoms with E-state index in [0.29, 0.717) is 25.1 Å². The average Bonchev–Trinajstić information content (AvgIpc) is 3.48. The predicted molar refractivity (Wildman–Crippen MR) is 126 cm³/mol. The van der Waals surface area contributed by atoms with Crippen molar-refractivity contribution in [3.63, 3.8) is 0 Å². The molecule has 2 atom stereocenters. The van der Waals surface area contributed by atoms with Crippen LogP contribution in [0.3, 0.4) is 0 Å². The van der Waals surface area contributed by atoms with Gasteiger partial charge < -0.3 is 4.74 Å². The molecule has 1 saturated heterocycles. The van der Waals surface area contributed by atoms with E-state index in [9.17, 15) is 14.0 Å². The lowest BCUT2D eigenvalue weighted by molar-refractivity contribution is -0.126. The van der Waals surface area contributed by atoms with E-state index in [1.165, 1.54) is 36.5 Å². The number of benzene rings is 1. The molecule has 172 valence electrons. The zero-order valence-corrected chi connectivity index (χ0v) is 20.1. The van der Waals surface area contributed by atoms with E-state index in [4.69, 9.17) is 4.74 Å². The van der Waals surface area contributed by atoms with Crippen LogP contribution in [-0.4, -0.2) is 57.4 Å². The van der Waals surface area contributed by atoms with Crippen molar-refractivity contribution >= 4 is 52.7 Å². The lowest BCUT2D eigenvalue weighted by Crippen LogP contribution is -2.43. The Morgan fingerprint density at radius 3 is 2.78 bits per heavy atom. The number of rotatable bonds is 8. The second-order valence-corrected chi connectivity index (χ2v) is 9.69. The number of carbonyl (C=O) groups is 2. The maximum atomic E-state index is 14.7. The zero-order valence-electron chi connectivity index (χ0n) is 17.6. The van der Waals surface area contributed by atoms with Gasteiger partial charge >= 0.3 is 0 Å². The molecule has 1 aromatic heterocycles. The summed E-state index contributed by atoms with van der Waals surface area (Å²) in [5.74, 6) is -0.265. The van der Waals surface area contributed by atoms with Crippen molar-refractivity contribution in [1.82, 2.24) is 14.5 Å². The van der Waals surface area contributed by atoms with Crippen molar-refractivity contribution in [2.75, 3.05) is 26.8 Å². The smallest absolute Gasteiger partial charge is 0.215 e. The van der Waals surface area contributed by atoms with Gasteiger partial charge in [-0.1, -0.05) is 34.4 Å². The number of likely N-dealkylation sites (tertiary alicyclic amines) is 1. The molecule has 2 aliphatic rings. The summed E-state index contributed by atoms with van der Waals surface area (Å²) < 4.78 is 23.6. The van der Waals surface area contributed by atoms with Crippen LogP contribution in [0.25, 0.3) is 6.08 Å². The van der Waals surface area contributed by atoms with Crippen LogP contribution in [0.5, 0.6) is 0 Å². The van der Waals surface area contributed by atoms with Gasteiger partial charge in [0, 0.05) is 42.3 Å². The lowest BCUT2D eigenvalue weighted by Gasteiger charge is -2.38. The minimum atomic E-state index is -0.619. The molecule has 6 nitrogen and oxygen atoms in total. The number of nitrogens with zero attached hydrogens (tertiary/aromatic N) is 3. The molecule has 0 radical (unpaired) electrons. The summed E-state index contributed by atoms with van der Waals surface area (Å²) in [4.78, 5) is 27.5. The Balaban J connectivity index is 0.00000289. The Morgan fingerprint density at radius 1 is 1.34 bits per heavy atom.